The summed E-state index contributed by atoms with van der Waals surface area (Å²) in [6, 6.07) is 0. The molecule has 0 unspecified atom stereocenters. The number of aliphatic hydroxyl groups is 3. The van der Waals surface area contributed by atoms with Crippen LogP contribution in [0.25, 0.3) is 0 Å². The fourth-order valence-corrected chi connectivity index (χ4v) is 3.89. The first-order chi connectivity index (χ1) is 14.7. The van der Waals surface area contributed by atoms with Gasteiger partial charge >= 0.3 is 0 Å². The van der Waals surface area contributed by atoms with Crippen molar-refractivity contribution >= 4 is 0 Å². The van der Waals surface area contributed by atoms with E-state index < -0.39 is 24.4 Å². The summed E-state index contributed by atoms with van der Waals surface area (Å²) in [5, 5.41) is 29.1. The van der Waals surface area contributed by atoms with Crippen molar-refractivity contribution in [2.45, 2.75) is 128 Å². The van der Waals surface area contributed by atoms with Gasteiger partial charge in [-0.25, -0.2) is 0 Å². The quantitative estimate of drug-likeness (QED) is 0.190. The molecule has 1 heterocycles. The monoisotopic (exact) mass is 428 g/mol. The zero-order valence-corrected chi connectivity index (χ0v) is 19.4. The van der Waals surface area contributed by atoms with Crippen LogP contribution < -0.4 is 0 Å². The van der Waals surface area contributed by atoms with Gasteiger partial charge in [0, 0.05) is 6.61 Å². The molecule has 1 rings (SSSR count). The molecule has 30 heavy (non-hydrogen) atoms. The molecule has 1 fully saturated rings. The number of ether oxygens (including phenoxy) is 2. The Morgan fingerprint density at radius 2 is 1.37 bits per heavy atom. The lowest BCUT2D eigenvalue weighted by Gasteiger charge is -2.20. The highest BCUT2D eigenvalue weighted by Gasteiger charge is 2.39. The number of unbranched alkanes of at least 4 members (excludes halogenated alkanes) is 13. The summed E-state index contributed by atoms with van der Waals surface area (Å²) in [5.41, 5.74) is 0. The number of rotatable bonds is 20. The zero-order valence-electron chi connectivity index (χ0n) is 19.4. The molecule has 5 heteroatoms. The standard InChI is InChI=1S/C25H48O5/c1-2-3-4-5-6-7-8-9-10-11-12-13-14-15-16-17-18-19-29-20-23(27)25-24(28)22(26)21-30-25/h12-13,22-28H,2-11,14-21H2,1H3/b13-12+/t22-,23+,24+,25+/m0/s1. The first kappa shape index (κ1) is 27.6. The van der Waals surface area contributed by atoms with Gasteiger partial charge in [0.25, 0.3) is 0 Å². The van der Waals surface area contributed by atoms with Gasteiger partial charge in [-0.1, -0.05) is 83.3 Å². The Morgan fingerprint density at radius 1 is 0.833 bits per heavy atom. The summed E-state index contributed by atoms with van der Waals surface area (Å²) in [4.78, 5) is 0. The molecule has 0 spiro atoms. The molecule has 0 bridgehead atoms. The van der Waals surface area contributed by atoms with E-state index >= 15 is 0 Å². The summed E-state index contributed by atoms with van der Waals surface area (Å²) in [7, 11) is 0. The lowest BCUT2D eigenvalue weighted by atomic mass is 10.1. The molecule has 0 saturated carbocycles. The smallest absolute Gasteiger partial charge is 0.114 e. The molecule has 3 N–H and O–H groups in total. The van der Waals surface area contributed by atoms with Crippen molar-refractivity contribution in [3.63, 3.8) is 0 Å². The summed E-state index contributed by atoms with van der Waals surface area (Å²) in [6.07, 6.45) is 20.5. The average Bonchev–Trinajstić information content (AvgIpc) is 3.08. The Hall–Kier alpha value is -0.460. The van der Waals surface area contributed by atoms with E-state index in [1.165, 1.54) is 77.0 Å². The van der Waals surface area contributed by atoms with E-state index in [4.69, 9.17) is 9.47 Å². The van der Waals surface area contributed by atoms with Gasteiger partial charge in [-0.15, -0.1) is 0 Å². The van der Waals surface area contributed by atoms with Gasteiger partial charge < -0.3 is 24.8 Å². The Labute approximate surface area is 184 Å². The molecule has 0 aromatic carbocycles. The molecule has 1 aliphatic heterocycles. The fraction of sp³-hybridized carbons (Fsp3) is 0.920. The summed E-state index contributed by atoms with van der Waals surface area (Å²) in [6.45, 7) is 3.08. The van der Waals surface area contributed by atoms with Gasteiger partial charge in [-0.05, 0) is 32.1 Å². The van der Waals surface area contributed by atoms with Crippen LogP contribution in [0.4, 0.5) is 0 Å². The topological polar surface area (TPSA) is 79.2 Å². The molecule has 0 aliphatic carbocycles. The second-order valence-electron chi connectivity index (χ2n) is 8.79. The maximum absolute atomic E-state index is 9.95. The van der Waals surface area contributed by atoms with Gasteiger partial charge in [0.15, 0.2) is 0 Å². The van der Waals surface area contributed by atoms with Gasteiger partial charge in [-0.2, -0.15) is 0 Å². The lowest BCUT2D eigenvalue weighted by Crippen LogP contribution is -2.40. The molecule has 5 nitrogen and oxygen atoms in total. The molecule has 0 amide bonds. The van der Waals surface area contributed by atoms with E-state index in [9.17, 15) is 15.3 Å². The minimum absolute atomic E-state index is 0.0660. The third-order valence-electron chi connectivity index (χ3n) is 5.91. The van der Waals surface area contributed by atoms with Crippen LogP contribution in [0.5, 0.6) is 0 Å². The first-order valence-corrected chi connectivity index (χ1v) is 12.5. The van der Waals surface area contributed by atoms with Crippen LogP contribution >= 0.6 is 0 Å². The Morgan fingerprint density at radius 3 is 1.90 bits per heavy atom. The Kier molecular flexibility index (Phi) is 17.7. The fourth-order valence-electron chi connectivity index (χ4n) is 3.89. The van der Waals surface area contributed by atoms with E-state index in [0.29, 0.717) is 6.61 Å². The van der Waals surface area contributed by atoms with Gasteiger partial charge in [0.05, 0.1) is 13.2 Å². The van der Waals surface area contributed by atoms with E-state index in [1.807, 2.05) is 0 Å². The zero-order chi connectivity index (χ0) is 21.9. The number of hydrogen-bond acceptors (Lipinski definition) is 5. The second-order valence-corrected chi connectivity index (χ2v) is 8.79. The van der Waals surface area contributed by atoms with Crippen molar-refractivity contribution in [2.24, 2.45) is 0 Å². The number of aliphatic hydroxyl groups excluding tert-OH is 3. The van der Waals surface area contributed by atoms with Crippen molar-refractivity contribution in [3.8, 4) is 0 Å². The molecule has 4 atom stereocenters. The van der Waals surface area contributed by atoms with Gasteiger partial charge in [0.2, 0.25) is 0 Å². The number of hydrogen-bond donors (Lipinski definition) is 3. The molecule has 0 aromatic heterocycles. The first-order valence-electron chi connectivity index (χ1n) is 12.5. The molecule has 178 valence electrons. The van der Waals surface area contributed by atoms with Crippen molar-refractivity contribution in [2.75, 3.05) is 19.8 Å². The summed E-state index contributed by atoms with van der Waals surface area (Å²) in [5.74, 6) is 0. The summed E-state index contributed by atoms with van der Waals surface area (Å²) < 4.78 is 10.7. The summed E-state index contributed by atoms with van der Waals surface area (Å²) >= 11 is 0. The van der Waals surface area contributed by atoms with Crippen LogP contribution in [0.3, 0.4) is 0 Å². The van der Waals surface area contributed by atoms with Crippen molar-refractivity contribution < 1.29 is 24.8 Å². The predicted octanol–water partition coefficient (Wildman–Crippen LogP) is 4.91. The molecule has 1 aliphatic rings. The van der Waals surface area contributed by atoms with Crippen LogP contribution in [-0.2, 0) is 9.47 Å². The van der Waals surface area contributed by atoms with Crippen molar-refractivity contribution in [3.05, 3.63) is 12.2 Å². The van der Waals surface area contributed by atoms with Crippen LogP contribution in [0.1, 0.15) is 103 Å². The molecular weight excluding hydrogens is 380 g/mol. The normalized spacial score (nSPS) is 22.9. The highest BCUT2D eigenvalue weighted by Crippen LogP contribution is 2.18. The molecular formula is C25H48O5. The van der Waals surface area contributed by atoms with Crippen molar-refractivity contribution in [1.29, 1.82) is 0 Å². The third kappa shape index (κ3) is 13.8. The highest BCUT2D eigenvalue weighted by atomic mass is 16.5. The molecule has 1 saturated heterocycles. The van der Waals surface area contributed by atoms with E-state index in [2.05, 4.69) is 19.1 Å². The molecule has 0 aromatic rings. The predicted molar refractivity (Wildman–Crippen MR) is 123 cm³/mol. The van der Waals surface area contributed by atoms with Crippen LogP contribution in [0, 0.1) is 0 Å². The average molecular weight is 429 g/mol. The third-order valence-corrected chi connectivity index (χ3v) is 5.91. The van der Waals surface area contributed by atoms with E-state index in [-0.39, 0.29) is 13.2 Å². The highest BCUT2D eigenvalue weighted by molar-refractivity contribution is 4.87. The lowest BCUT2D eigenvalue weighted by molar-refractivity contribution is -0.0813. The maximum atomic E-state index is 9.95. The SMILES string of the molecule is CCCCCCCCCCC/C=C/CCCCCCOC[C@@H](O)[C@H]1OC[C@H](O)[C@H]1O. The number of allylic oxidation sites excluding steroid dienone is 2. The maximum Gasteiger partial charge on any atom is 0.114 e. The van der Waals surface area contributed by atoms with Crippen molar-refractivity contribution in [1.82, 2.24) is 0 Å². The Bertz CT molecular complexity index is 401. The molecule has 0 radical (unpaired) electrons. The van der Waals surface area contributed by atoms with Crippen LogP contribution in [-0.4, -0.2) is 59.6 Å². The van der Waals surface area contributed by atoms with Gasteiger partial charge in [-0.3, -0.25) is 0 Å². The van der Waals surface area contributed by atoms with Crippen LogP contribution in [0.15, 0.2) is 12.2 Å². The van der Waals surface area contributed by atoms with Crippen LogP contribution in [0.2, 0.25) is 0 Å². The minimum atomic E-state index is -1.03. The largest absolute Gasteiger partial charge is 0.388 e. The Balaban J connectivity index is 1.78. The van der Waals surface area contributed by atoms with Gasteiger partial charge in [0.1, 0.15) is 24.4 Å². The second kappa shape index (κ2) is 19.2. The van der Waals surface area contributed by atoms with E-state index in [1.54, 1.807) is 0 Å². The minimum Gasteiger partial charge on any atom is -0.388 e. The van der Waals surface area contributed by atoms with E-state index in [0.717, 1.165) is 19.3 Å².